The third-order valence-electron chi connectivity index (χ3n) is 7.23. The molecule has 4 heterocycles. The number of carbonyl (C=O) groups excluding carboxylic acids is 1. The quantitative estimate of drug-likeness (QED) is 0.297. The number of piperidine rings is 1. The van der Waals surface area contributed by atoms with E-state index in [1.165, 1.54) is 16.5 Å². The van der Waals surface area contributed by atoms with Crippen molar-refractivity contribution < 1.29 is 9.53 Å². The molecule has 1 amide bonds. The zero-order valence-corrected chi connectivity index (χ0v) is 22.6. The molecule has 5 rings (SSSR count). The number of amides is 1. The van der Waals surface area contributed by atoms with Crippen molar-refractivity contribution in [2.45, 2.75) is 71.8 Å². The third-order valence-corrected chi connectivity index (χ3v) is 7.23. The Balaban J connectivity index is 1.47. The number of hydrogen-bond acceptors (Lipinski definition) is 3. The number of H-pyrrole nitrogens is 1. The predicted octanol–water partition coefficient (Wildman–Crippen LogP) is 7.58. The number of aromatic nitrogens is 3. The number of aryl methyl sites for hydroxylation is 1. The second kappa shape index (κ2) is 9.26. The van der Waals surface area contributed by atoms with Crippen molar-refractivity contribution in [2.75, 3.05) is 13.1 Å². The molecular weight excluding hydrogens is 462 g/mol. The lowest BCUT2D eigenvalue weighted by Crippen LogP contribution is -2.41. The van der Waals surface area contributed by atoms with Gasteiger partial charge in [0.05, 0.1) is 18.1 Å². The lowest BCUT2D eigenvalue weighted by Gasteiger charge is -2.33. The molecule has 1 aliphatic rings. The molecule has 0 spiro atoms. The van der Waals surface area contributed by atoms with Crippen molar-refractivity contribution in [1.29, 1.82) is 0 Å². The highest BCUT2D eigenvalue weighted by Gasteiger charge is 2.28. The van der Waals surface area contributed by atoms with Gasteiger partial charge in [-0.25, -0.2) is 14.2 Å². The van der Waals surface area contributed by atoms with Gasteiger partial charge in [-0.2, -0.15) is 0 Å². The number of hydrogen-bond donors (Lipinski definition) is 1. The zero-order valence-electron chi connectivity index (χ0n) is 22.6. The summed E-state index contributed by atoms with van der Waals surface area (Å²) in [5.41, 5.74) is 7.25. The van der Waals surface area contributed by atoms with E-state index in [0.717, 1.165) is 40.8 Å². The van der Waals surface area contributed by atoms with Gasteiger partial charge in [-0.3, -0.25) is 0 Å². The Labute approximate surface area is 218 Å². The zero-order chi connectivity index (χ0) is 26.5. The number of ether oxygens (including phenoxy) is 1. The molecule has 0 saturated carbocycles. The number of nitrogens with one attached hydrogen (secondary N) is 1. The molecule has 0 atom stereocenters. The van der Waals surface area contributed by atoms with E-state index in [4.69, 9.17) is 11.3 Å². The summed E-state index contributed by atoms with van der Waals surface area (Å²) in [5, 5.41) is 1.24. The maximum atomic E-state index is 12.5. The largest absolute Gasteiger partial charge is 0.444 e. The number of likely N-dealkylation sites (tertiary alicyclic amines) is 1. The SMILES string of the molecule is [C-]#[N+]c1cnc2c(C)cc(-c3[nH]c4ccc(C5CCN(C(=O)OC(C)(C)C)CC5)cc4c3C(C)C)cn12. The summed E-state index contributed by atoms with van der Waals surface area (Å²) in [6, 6.07) is 8.90. The minimum absolute atomic E-state index is 0.217. The Bertz CT molecular complexity index is 1520. The van der Waals surface area contributed by atoms with E-state index in [1.54, 1.807) is 6.20 Å². The Hall–Kier alpha value is -3.79. The number of benzene rings is 1. The lowest BCUT2D eigenvalue weighted by molar-refractivity contribution is 0.0205. The molecule has 0 aliphatic carbocycles. The molecule has 0 radical (unpaired) electrons. The fourth-order valence-electron chi connectivity index (χ4n) is 5.50. The highest BCUT2D eigenvalue weighted by Crippen LogP contribution is 2.39. The highest BCUT2D eigenvalue weighted by atomic mass is 16.6. The number of carbonyl (C=O) groups is 1. The first kappa shape index (κ1) is 24.9. The van der Waals surface area contributed by atoms with Crippen molar-refractivity contribution in [3.8, 4) is 11.3 Å². The van der Waals surface area contributed by atoms with Crippen LogP contribution in [0.1, 0.15) is 76.0 Å². The molecule has 1 aromatic carbocycles. The fourth-order valence-corrected chi connectivity index (χ4v) is 5.50. The predicted molar refractivity (Wildman–Crippen MR) is 147 cm³/mol. The summed E-state index contributed by atoms with van der Waals surface area (Å²) >= 11 is 0. The molecule has 0 unspecified atom stereocenters. The van der Waals surface area contributed by atoms with Crippen molar-refractivity contribution in [3.05, 3.63) is 64.8 Å². The standard InChI is InChI=1S/C30H35N5O2/c1-18(2)26-23-15-21(20-10-12-34(13-11-20)29(36)37-30(4,5)6)8-9-24(23)33-27(26)22-14-19(3)28-32-16-25(31-7)35(28)17-22/h8-9,14-18,20,33H,10-13H2,1-6H3. The average Bonchev–Trinajstić information content (AvgIpc) is 3.44. The van der Waals surface area contributed by atoms with Crippen LogP contribution >= 0.6 is 0 Å². The molecule has 1 fully saturated rings. The van der Waals surface area contributed by atoms with Crippen LogP contribution in [0.4, 0.5) is 10.6 Å². The first-order valence-electron chi connectivity index (χ1n) is 13.0. The number of nitrogens with zero attached hydrogens (tertiary/aromatic N) is 4. The van der Waals surface area contributed by atoms with Crippen molar-refractivity contribution >= 4 is 28.5 Å². The second-order valence-corrected chi connectivity index (χ2v) is 11.4. The fraction of sp³-hybridized carbons (Fsp3) is 0.433. The molecule has 4 aromatic rings. The van der Waals surface area contributed by atoms with Crippen LogP contribution in [0, 0.1) is 13.5 Å². The molecule has 1 aliphatic heterocycles. The number of fused-ring (bicyclic) bond motifs is 2. The Morgan fingerprint density at radius 2 is 1.95 bits per heavy atom. The molecule has 7 nitrogen and oxygen atoms in total. The monoisotopic (exact) mass is 497 g/mol. The molecule has 3 aromatic heterocycles. The van der Waals surface area contributed by atoms with Gasteiger partial charge in [0.2, 0.25) is 5.65 Å². The summed E-state index contributed by atoms with van der Waals surface area (Å²) in [6.45, 7) is 21.1. The summed E-state index contributed by atoms with van der Waals surface area (Å²) < 4.78 is 7.45. The Morgan fingerprint density at radius 3 is 2.59 bits per heavy atom. The van der Waals surface area contributed by atoms with Gasteiger partial charge in [0, 0.05) is 35.1 Å². The van der Waals surface area contributed by atoms with E-state index < -0.39 is 5.60 Å². The first-order chi connectivity index (χ1) is 17.6. The van der Waals surface area contributed by atoms with Crippen molar-refractivity contribution in [1.82, 2.24) is 19.3 Å². The van der Waals surface area contributed by atoms with E-state index in [0.29, 0.717) is 30.7 Å². The normalized spacial score (nSPS) is 15.0. The summed E-state index contributed by atoms with van der Waals surface area (Å²) in [7, 11) is 0. The van der Waals surface area contributed by atoms with Crippen LogP contribution in [0.3, 0.4) is 0 Å². The van der Waals surface area contributed by atoms with Gasteiger partial charge in [-0.15, -0.1) is 0 Å². The van der Waals surface area contributed by atoms with Crippen LogP contribution in [0.2, 0.25) is 0 Å². The smallest absolute Gasteiger partial charge is 0.410 e. The van der Waals surface area contributed by atoms with E-state index in [2.05, 4.69) is 52.9 Å². The molecule has 1 N–H and O–H groups in total. The first-order valence-corrected chi connectivity index (χ1v) is 13.0. The average molecular weight is 498 g/mol. The van der Waals surface area contributed by atoms with Crippen molar-refractivity contribution in [3.63, 3.8) is 0 Å². The van der Waals surface area contributed by atoms with Crippen LogP contribution in [0.25, 0.3) is 32.7 Å². The Morgan fingerprint density at radius 1 is 1.22 bits per heavy atom. The number of pyridine rings is 1. The molecule has 0 bridgehead atoms. The number of imidazole rings is 1. The topological polar surface area (TPSA) is 67.0 Å². The summed E-state index contributed by atoms with van der Waals surface area (Å²) in [6.07, 6.45) is 5.29. The van der Waals surface area contributed by atoms with Gasteiger partial charge < -0.3 is 19.5 Å². The highest BCUT2D eigenvalue weighted by molar-refractivity contribution is 5.92. The molecule has 192 valence electrons. The lowest BCUT2D eigenvalue weighted by atomic mass is 9.87. The number of aromatic amines is 1. The van der Waals surface area contributed by atoms with E-state index in [9.17, 15) is 4.79 Å². The third kappa shape index (κ3) is 4.69. The van der Waals surface area contributed by atoms with Crippen LogP contribution in [0.5, 0.6) is 0 Å². The van der Waals surface area contributed by atoms with Gasteiger partial charge in [0.1, 0.15) is 5.60 Å². The molecule has 1 saturated heterocycles. The maximum Gasteiger partial charge on any atom is 0.410 e. The summed E-state index contributed by atoms with van der Waals surface area (Å²) in [4.78, 5) is 26.1. The van der Waals surface area contributed by atoms with Gasteiger partial charge in [-0.05, 0) is 81.7 Å². The Kier molecular flexibility index (Phi) is 6.23. The second-order valence-electron chi connectivity index (χ2n) is 11.4. The minimum Gasteiger partial charge on any atom is -0.444 e. The van der Waals surface area contributed by atoms with Gasteiger partial charge in [0.25, 0.3) is 5.82 Å². The molecule has 7 heteroatoms. The number of rotatable bonds is 3. The molecule has 37 heavy (non-hydrogen) atoms. The van der Waals surface area contributed by atoms with E-state index in [-0.39, 0.29) is 6.09 Å². The maximum absolute atomic E-state index is 12.5. The van der Waals surface area contributed by atoms with Gasteiger partial charge >= 0.3 is 6.09 Å². The van der Waals surface area contributed by atoms with E-state index in [1.807, 2.05) is 43.2 Å². The van der Waals surface area contributed by atoms with Gasteiger partial charge in [0.15, 0.2) is 0 Å². The molecular formula is C30H35N5O2. The van der Waals surface area contributed by atoms with E-state index >= 15 is 0 Å². The van der Waals surface area contributed by atoms with Crippen LogP contribution < -0.4 is 0 Å². The summed E-state index contributed by atoms with van der Waals surface area (Å²) in [5.74, 6) is 1.24. The van der Waals surface area contributed by atoms with Gasteiger partial charge in [-0.1, -0.05) is 26.5 Å². The van der Waals surface area contributed by atoms with Crippen LogP contribution in [-0.4, -0.2) is 44.1 Å². The van der Waals surface area contributed by atoms with Crippen molar-refractivity contribution in [2.24, 2.45) is 0 Å². The van der Waals surface area contributed by atoms with Crippen LogP contribution in [0.15, 0.2) is 36.7 Å². The van der Waals surface area contributed by atoms with Crippen LogP contribution in [-0.2, 0) is 4.74 Å². The minimum atomic E-state index is -0.476.